The molecule has 0 radical (unpaired) electrons. The van der Waals surface area contributed by atoms with E-state index in [0.717, 1.165) is 84.2 Å². The minimum absolute atomic E-state index is 0. The molecular weight excluding hydrogens is 445 g/mol. The third kappa shape index (κ3) is 7.96. The number of carbonyl (C=O) groups excluding carboxylic acids is 1. The molecule has 8 heteroatoms. The van der Waals surface area contributed by atoms with E-state index in [0.29, 0.717) is 18.4 Å². The molecule has 2 rings (SSSR count). The molecule has 0 bridgehead atoms. The zero-order chi connectivity index (χ0) is 17.9. The van der Waals surface area contributed by atoms with Gasteiger partial charge in [-0.05, 0) is 26.2 Å². The van der Waals surface area contributed by atoms with E-state index >= 15 is 0 Å². The first-order valence-corrected chi connectivity index (χ1v) is 9.86. The van der Waals surface area contributed by atoms with Gasteiger partial charge in [-0.3, -0.25) is 14.7 Å². The van der Waals surface area contributed by atoms with Crippen LogP contribution in [0.4, 0.5) is 0 Å². The molecule has 0 saturated carbocycles. The number of nitrogens with zero attached hydrogens (tertiary/aromatic N) is 3. The largest absolute Gasteiger partial charge is 0.379 e. The number of ether oxygens (including phenoxy) is 1. The summed E-state index contributed by atoms with van der Waals surface area (Å²) in [5.74, 6) is 1.18. The average molecular weight is 481 g/mol. The summed E-state index contributed by atoms with van der Waals surface area (Å²) in [6.07, 6.45) is 3.65. The van der Waals surface area contributed by atoms with Gasteiger partial charge in [0, 0.05) is 58.3 Å². The van der Waals surface area contributed by atoms with Gasteiger partial charge >= 0.3 is 0 Å². The summed E-state index contributed by atoms with van der Waals surface area (Å²) >= 11 is 0. The SMILES string of the molecule is CCNC(=NCCC(CC)N1CCCC1=O)NCCN1CCOCC1.I. The molecule has 0 aromatic carbocycles. The lowest BCUT2D eigenvalue weighted by Crippen LogP contribution is -2.44. The van der Waals surface area contributed by atoms with E-state index in [2.05, 4.69) is 29.4 Å². The van der Waals surface area contributed by atoms with Crippen LogP contribution in [0.2, 0.25) is 0 Å². The van der Waals surface area contributed by atoms with Gasteiger partial charge in [0.1, 0.15) is 0 Å². The van der Waals surface area contributed by atoms with Crippen molar-refractivity contribution < 1.29 is 9.53 Å². The second kappa shape index (κ2) is 13.5. The number of hydrogen-bond donors (Lipinski definition) is 2. The predicted molar refractivity (Wildman–Crippen MR) is 116 cm³/mol. The van der Waals surface area contributed by atoms with Crippen LogP contribution in [0.25, 0.3) is 0 Å². The van der Waals surface area contributed by atoms with Crippen LogP contribution in [0.1, 0.15) is 39.5 Å². The molecule has 2 aliphatic rings. The van der Waals surface area contributed by atoms with E-state index in [-0.39, 0.29) is 24.0 Å². The highest BCUT2D eigenvalue weighted by molar-refractivity contribution is 14.0. The summed E-state index contributed by atoms with van der Waals surface area (Å²) in [6.45, 7) is 12.3. The average Bonchev–Trinajstić information content (AvgIpc) is 3.05. The van der Waals surface area contributed by atoms with E-state index in [1.807, 2.05) is 4.90 Å². The van der Waals surface area contributed by atoms with E-state index < -0.39 is 0 Å². The van der Waals surface area contributed by atoms with Gasteiger partial charge in [0.25, 0.3) is 0 Å². The maximum absolute atomic E-state index is 11.9. The minimum atomic E-state index is 0. The van der Waals surface area contributed by atoms with Crippen molar-refractivity contribution in [2.45, 2.75) is 45.6 Å². The first-order chi connectivity index (χ1) is 12.2. The Morgan fingerprint density at radius 2 is 2.00 bits per heavy atom. The van der Waals surface area contributed by atoms with E-state index in [4.69, 9.17) is 9.73 Å². The molecule has 2 saturated heterocycles. The highest BCUT2D eigenvalue weighted by atomic mass is 127. The van der Waals surface area contributed by atoms with Crippen molar-refractivity contribution >= 4 is 35.8 Å². The number of hydrogen-bond acceptors (Lipinski definition) is 4. The number of aliphatic imine (C=N–C) groups is 1. The van der Waals surface area contributed by atoms with Gasteiger partial charge in [-0.15, -0.1) is 24.0 Å². The van der Waals surface area contributed by atoms with Crippen LogP contribution in [0.3, 0.4) is 0 Å². The van der Waals surface area contributed by atoms with E-state index in [9.17, 15) is 4.79 Å². The molecule has 2 aliphatic heterocycles. The fourth-order valence-corrected chi connectivity index (χ4v) is 3.46. The van der Waals surface area contributed by atoms with Crippen molar-refractivity contribution in [1.82, 2.24) is 20.4 Å². The quantitative estimate of drug-likeness (QED) is 0.295. The first kappa shape index (κ1) is 23.4. The summed E-state index contributed by atoms with van der Waals surface area (Å²) in [5.41, 5.74) is 0. The zero-order valence-electron chi connectivity index (χ0n) is 16.3. The molecule has 7 nitrogen and oxygen atoms in total. The molecule has 2 N–H and O–H groups in total. The topological polar surface area (TPSA) is 69.2 Å². The molecular formula is C18H36IN5O2. The lowest BCUT2D eigenvalue weighted by atomic mass is 10.1. The Morgan fingerprint density at radius 1 is 1.23 bits per heavy atom. The lowest BCUT2D eigenvalue weighted by molar-refractivity contribution is -0.129. The van der Waals surface area contributed by atoms with Gasteiger partial charge < -0.3 is 20.3 Å². The smallest absolute Gasteiger partial charge is 0.222 e. The lowest BCUT2D eigenvalue weighted by Gasteiger charge is -2.27. The molecule has 1 amide bonds. The number of morpholine rings is 1. The first-order valence-electron chi connectivity index (χ1n) is 9.86. The zero-order valence-corrected chi connectivity index (χ0v) is 18.7. The Labute approximate surface area is 175 Å². The van der Waals surface area contributed by atoms with Gasteiger partial charge in [-0.1, -0.05) is 6.92 Å². The van der Waals surface area contributed by atoms with E-state index in [1.54, 1.807) is 0 Å². The monoisotopic (exact) mass is 481 g/mol. The van der Waals surface area contributed by atoms with Gasteiger partial charge in [-0.2, -0.15) is 0 Å². The van der Waals surface area contributed by atoms with Gasteiger partial charge in [0.2, 0.25) is 5.91 Å². The second-order valence-electron chi connectivity index (χ2n) is 6.68. The molecule has 1 unspecified atom stereocenters. The Hall–Kier alpha value is -0.610. The third-order valence-electron chi connectivity index (χ3n) is 4.92. The summed E-state index contributed by atoms with van der Waals surface area (Å²) in [6, 6.07) is 0.329. The van der Waals surface area contributed by atoms with E-state index in [1.165, 1.54) is 0 Å². The third-order valence-corrected chi connectivity index (χ3v) is 4.92. The standard InChI is InChI=1S/C18H35N5O2.HI/c1-3-16(23-10-5-6-17(23)24)7-8-20-18(19-4-2)21-9-11-22-12-14-25-15-13-22;/h16H,3-15H2,1-2H3,(H2,19,20,21);1H. The van der Waals surface area contributed by atoms with Gasteiger partial charge in [0.05, 0.1) is 13.2 Å². The number of likely N-dealkylation sites (tertiary alicyclic amines) is 1. The van der Waals surface area contributed by atoms with Crippen LogP contribution in [0.15, 0.2) is 4.99 Å². The summed E-state index contributed by atoms with van der Waals surface area (Å²) in [7, 11) is 0. The molecule has 26 heavy (non-hydrogen) atoms. The Bertz CT molecular complexity index is 430. The Balaban J connectivity index is 0.00000338. The number of guanidine groups is 1. The normalized spacial score (nSPS) is 20.0. The highest BCUT2D eigenvalue weighted by Crippen LogP contribution is 2.17. The summed E-state index contributed by atoms with van der Waals surface area (Å²) < 4.78 is 5.38. The highest BCUT2D eigenvalue weighted by Gasteiger charge is 2.26. The van der Waals surface area contributed by atoms with Crippen molar-refractivity contribution in [3.05, 3.63) is 0 Å². The number of halogens is 1. The van der Waals surface area contributed by atoms with Crippen LogP contribution in [-0.2, 0) is 9.53 Å². The molecule has 1 atom stereocenters. The van der Waals surface area contributed by atoms with Crippen LogP contribution in [0, 0.1) is 0 Å². The van der Waals surface area contributed by atoms with Crippen molar-refractivity contribution in [1.29, 1.82) is 0 Å². The van der Waals surface area contributed by atoms with Crippen LogP contribution in [0.5, 0.6) is 0 Å². The van der Waals surface area contributed by atoms with Gasteiger partial charge in [-0.25, -0.2) is 0 Å². The van der Waals surface area contributed by atoms with Crippen molar-refractivity contribution in [3.63, 3.8) is 0 Å². The van der Waals surface area contributed by atoms with Crippen molar-refractivity contribution in [3.8, 4) is 0 Å². The number of nitrogens with one attached hydrogen (secondary N) is 2. The fourth-order valence-electron chi connectivity index (χ4n) is 3.46. The molecule has 0 aliphatic carbocycles. The second-order valence-corrected chi connectivity index (χ2v) is 6.68. The predicted octanol–water partition coefficient (Wildman–Crippen LogP) is 1.28. The molecule has 152 valence electrons. The molecule has 2 fully saturated rings. The van der Waals surface area contributed by atoms with Crippen molar-refractivity contribution in [2.24, 2.45) is 4.99 Å². The molecule has 0 aromatic heterocycles. The number of carbonyl (C=O) groups is 1. The Kier molecular flexibility index (Phi) is 12.2. The molecule has 0 aromatic rings. The minimum Gasteiger partial charge on any atom is -0.379 e. The number of rotatable bonds is 9. The van der Waals surface area contributed by atoms with Crippen molar-refractivity contribution in [2.75, 3.05) is 59.0 Å². The number of amides is 1. The summed E-state index contributed by atoms with van der Waals surface area (Å²) in [5, 5.41) is 6.72. The van der Waals surface area contributed by atoms with Gasteiger partial charge in [0.15, 0.2) is 5.96 Å². The van der Waals surface area contributed by atoms with Crippen LogP contribution < -0.4 is 10.6 Å². The maximum atomic E-state index is 11.9. The van der Waals surface area contributed by atoms with Crippen LogP contribution in [-0.4, -0.2) is 86.7 Å². The maximum Gasteiger partial charge on any atom is 0.222 e. The summed E-state index contributed by atoms with van der Waals surface area (Å²) in [4.78, 5) is 21.1. The Morgan fingerprint density at radius 3 is 2.62 bits per heavy atom. The van der Waals surface area contributed by atoms with Crippen LogP contribution >= 0.6 is 24.0 Å². The fraction of sp³-hybridized carbons (Fsp3) is 0.889. The molecule has 0 spiro atoms. The molecule has 2 heterocycles.